The van der Waals surface area contributed by atoms with Gasteiger partial charge in [-0.05, 0) is 25.2 Å². The fourth-order valence-corrected chi connectivity index (χ4v) is 6.10. The molecule has 1 amide bonds. The Bertz CT molecular complexity index is 550. The number of primary amides is 1. The Labute approximate surface area is 244 Å². The van der Waals surface area contributed by atoms with Crippen molar-refractivity contribution in [1.82, 2.24) is 0 Å². The Hall–Kier alpha value is -1.06. The van der Waals surface area contributed by atoms with Crippen molar-refractivity contribution in [3.8, 4) is 0 Å². The summed E-state index contributed by atoms with van der Waals surface area (Å²) < 4.78 is 0. The van der Waals surface area contributed by atoms with Crippen LogP contribution in [0.2, 0.25) is 0 Å². The Balaban J connectivity index is 3.98. The maximum Gasteiger partial charge on any atom is 0.306 e. The summed E-state index contributed by atoms with van der Waals surface area (Å²) >= 11 is 0. The van der Waals surface area contributed by atoms with Gasteiger partial charge in [-0.2, -0.15) is 0 Å². The highest BCUT2D eigenvalue weighted by atomic mass is 16.4. The van der Waals surface area contributed by atoms with E-state index in [2.05, 4.69) is 13.8 Å². The Morgan fingerprint density at radius 1 is 0.538 bits per heavy atom. The van der Waals surface area contributed by atoms with Gasteiger partial charge in [0.2, 0.25) is 5.91 Å². The van der Waals surface area contributed by atoms with Crippen molar-refractivity contribution in [2.75, 3.05) is 0 Å². The molecule has 0 aromatic heterocycles. The van der Waals surface area contributed by atoms with Gasteiger partial charge < -0.3 is 10.8 Å². The first-order chi connectivity index (χ1) is 18.9. The van der Waals surface area contributed by atoms with Gasteiger partial charge in [0.05, 0.1) is 5.92 Å². The molecule has 0 fully saturated rings. The summed E-state index contributed by atoms with van der Waals surface area (Å²) in [5.74, 6) is -1.48. The molecule has 0 spiro atoms. The van der Waals surface area contributed by atoms with Gasteiger partial charge in [-0.15, -0.1) is 0 Å². The van der Waals surface area contributed by atoms with E-state index >= 15 is 0 Å². The van der Waals surface area contributed by atoms with Crippen molar-refractivity contribution in [1.29, 1.82) is 0 Å². The predicted molar refractivity (Wildman–Crippen MR) is 169 cm³/mol. The van der Waals surface area contributed by atoms with Gasteiger partial charge in [0.1, 0.15) is 0 Å². The maximum absolute atomic E-state index is 12.2. The van der Waals surface area contributed by atoms with Crippen molar-refractivity contribution >= 4 is 11.9 Å². The number of carboxylic acid groups (broad SMARTS) is 1. The number of carbonyl (C=O) groups is 2. The first-order valence-electron chi connectivity index (χ1n) is 17.5. The van der Waals surface area contributed by atoms with Crippen molar-refractivity contribution in [3.05, 3.63) is 0 Å². The quantitative estimate of drug-likeness (QED) is 0.0841. The van der Waals surface area contributed by atoms with Crippen LogP contribution in [0.4, 0.5) is 0 Å². The minimum absolute atomic E-state index is 0.0358. The van der Waals surface area contributed by atoms with Crippen LogP contribution in [0.25, 0.3) is 0 Å². The monoisotopic (exact) mass is 552 g/mol. The summed E-state index contributed by atoms with van der Waals surface area (Å²) in [6.45, 7) is 6.56. The zero-order valence-electron chi connectivity index (χ0n) is 26.7. The number of aliphatic carboxylic acids is 1. The van der Waals surface area contributed by atoms with E-state index in [1.54, 1.807) is 0 Å². The molecule has 39 heavy (non-hydrogen) atoms. The van der Waals surface area contributed by atoms with Gasteiger partial charge in [0, 0.05) is 5.92 Å². The molecular weight excluding hydrogens is 482 g/mol. The number of carbonyl (C=O) groups excluding carboxylic acids is 1. The summed E-state index contributed by atoms with van der Waals surface area (Å²) in [6.07, 6.45) is 33.1. The first kappa shape index (κ1) is 37.9. The summed E-state index contributed by atoms with van der Waals surface area (Å²) in [4.78, 5) is 24.1. The van der Waals surface area contributed by atoms with Gasteiger partial charge in [-0.1, -0.05) is 175 Å². The number of hydrogen-bond donors (Lipinski definition) is 2. The normalized spacial score (nSPS) is 13.8. The molecule has 4 heteroatoms. The van der Waals surface area contributed by atoms with Crippen LogP contribution in [0.5, 0.6) is 0 Å². The molecule has 0 saturated carbocycles. The zero-order chi connectivity index (χ0) is 29.0. The molecule has 0 aliphatic carbocycles. The highest BCUT2D eigenvalue weighted by molar-refractivity contribution is 5.77. The minimum Gasteiger partial charge on any atom is -0.481 e. The van der Waals surface area contributed by atoms with E-state index in [4.69, 9.17) is 5.73 Å². The van der Waals surface area contributed by atoms with Crippen molar-refractivity contribution in [2.45, 2.75) is 194 Å². The Kier molecular flexibility index (Phi) is 27.7. The molecule has 0 aliphatic rings. The molecule has 0 heterocycles. The Morgan fingerprint density at radius 3 is 1.15 bits per heavy atom. The zero-order valence-corrected chi connectivity index (χ0v) is 26.7. The molecule has 3 N–H and O–H groups in total. The summed E-state index contributed by atoms with van der Waals surface area (Å²) in [7, 11) is 0. The van der Waals surface area contributed by atoms with Crippen molar-refractivity contribution < 1.29 is 14.7 Å². The summed E-state index contributed by atoms with van der Waals surface area (Å²) in [5, 5.41) is 9.79. The van der Waals surface area contributed by atoms with Crippen LogP contribution < -0.4 is 5.73 Å². The standard InChI is InChI=1S/C35H69NO3/c1-4-6-8-10-12-14-16-18-20-22-24-26-28-32(35(38)39)30-31(3)33(34(36)37)29-27-25-23-21-19-17-15-13-11-9-7-5-2/h31-33H,4-30H2,1-3H3,(H2,36,37)(H,38,39). The molecule has 0 radical (unpaired) electrons. The van der Waals surface area contributed by atoms with Crippen LogP contribution in [0.3, 0.4) is 0 Å². The molecular formula is C35H69NO3. The molecule has 3 atom stereocenters. The van der Waals surface area contributed by atoms with Gasteiger partial charge in [-0.3, -0.25) is 9.59 Å². The van der Waals surface area contributed by atoms with Crippen LogP contribution in [0.15, 0.2) is 0 Å². The number of unbranched alkanes of at least 4 members (excludes halogenated alkanes) is 22. The SMILES string of the molecule is CCCCCCCCCCCCCCC(CC(C)C(CCCCCCCCCCCCCC)C(N)=O)C(=O)O. The second kappa shape index (κ2) is 28.5. The van der Waals surface area contributed by atoms with E-state index < -0.39 is 5.97 Å². The smallest absolute Gasteiger partial charge is 0.306 e. The topological polar surface area (TPSA) is 80.4 Å². The first-order valence-corrected chi connectivity index (χ1v) is 17.5. The number of rotatable bonds is 31. The lowest BCUT2D eigenvalue weighted by Crippen LogP contribution is -2.31. The average molecular weight is 552 g/mol. The molecule has 4 nitrogen and oxygen atoms in total. The van der Waals surface area contributed by atoms with Gasteiger partial charge in [0.15, 0.2) is 0 Å². The second-order valence-corrected chi connectivity index (χ2v) is 12.6. The van der Waals surface area contributed by atoms with E-state index in [1.165, 1.54) is 128 Å². The molecule has 232 valence electrons. The lowest BCUT2D eigenvalue weighted by Gasteiger charge is -2.24. The molecule has 0 bridgehead atoms. The van der Waals surface area contributed by atoms with Gasteiger partial charge >= 0.3 is 5.97 Å². The van der Waals surface area contributed by atoms with E-state index in [0.717, 1.165) is 38.5 Å². The molecule has 0 aliphatic heterocycles. The fourth-order valence-electron chi connectivity index (χ4n) is 6.10. The number of hydrogen-bond acceptors (Lipinski definition) is 2. The third-order valence-corrected chi connectivity index (χ3v) is 8.83. The average Bonchev–Trinajstić information content (AvgIpc) is 2.90. The molecule has 0 aromatic rings. The highest BCUT2D eigenvalue weighted by Crippen LogP contribution is 2.28. The molecule has 0 saturated heterocycles. The molecule has 0 aromatic carbocycles. The Morgan fingerprint density at radius 2 is 0.846 bits per heavy atom. The van der Waals surface area contributed by atoms with E-state index in [-0.39, 0.29) is 23.7 Å². The number of amides is 1. The van der Waals surface area contributed by atoms with Crippen molar-refractivity contribution in [3.63, 3.8) is 0 Å². The second-order valence-electron chi connectivity index (χ2n) is 12.6. The molecule has 0 rings (SSSR count). The number of carboxylic acids is 1. The minimum atomic E-state index is -0.710. The van der Waals surface area contributed by atoms with E-state index in [9.17, 15) is 14.7 Å². The third-order valence-electron chi connectivity index (χ3n) is 8.83. The van der Waals surface area contributed by atoms with Gasteiger partial charge in [0.25, 0.3) is 0 Å². The van der Waals surface area contributed by atoms with Crippen LogP contribution in [0.1, 0.15) is 194 Å². The number of nitrogens with two attached hydrogens (primary N) is 1. The maximum atomic E-state index is 12.2. The lowest BCUT2D eigenvalue weighted by atomic mass is 9.81. The van der Waals surface area contributed by atoms with Crippen LogP contribution in [0, 0.1) is 17.8 Å². The predicted octanol–water partition coefficient (Wildman–Crippen LogP) is 11.0. The van der Waals surface area contributed by atoms with Crippen LogP contribution in [-0.4, -0.2) is 17.0 Å². The highest BCUT2D eigenvalue weighted by Gasteiger charge is 2.28. The van der Waals surface area contributed by atoms with E-state index in [0.29, 0.717) is 6.42 Å². The van der Waals surface area contributed by atoms with Gasteiger partial charge in [-0.25, -0.2) is 0 Å². The van der Waals surface area contributed by atoms with E-state index in [1.807, 2.05) is 6.92 Å². The largest absolute Gasteiger partial charge is 0.481 e. The van der Waals surface area contributed by atoms with Crippen LogP contribution >= 0.6 is 0 Å². The molecule has 3 unspecified atom stereocenters. The summed E-state index contributed by atoms with van der Waals surface area (Å²) in [6, 6.07) is 0. The third kappa shape index (κ3) is 24.5. The van der Waals surface area contributed by atoms with Crippen molar-refractivity contribution in [2.24, 2.45) is 23.5 Å². The lowest BCUT2D eigenvalue weighted by molar-refractivity contribution is -0.143. The summed E-state index contributed by atoms with van der Waals surface area (Å²) in [5.41, 5.74) is 5.76. The fraction of sp³-hybridized carbons (Fsp3) is 0.943. The van der Waals surface area contributed by atoms with Crippen LogP contribution in [-0.2, 0) is 9.59 Å².